The Hall–Kier alpha value is -12.2. The maximum atomic E-state index is 16.6. The highest BCUT2D eigenvalue weighted by atomic mass is 35.5. The third-order valence-corrected chi connectivity index (χ3v) is 23.1. The van der Waals surface area contributed by atoms with E-state index in [2.05, 4.69) is 35.2 Å². The Morgan fingerprint density at radius 2 is 0.769 bits per heavy atom. The minimum absolute atomic E-state index is 0.00604. The molecular formula is C86H94Cl3F3N18O11. The van der Waals surface area contributed by atoms with E-state index in [1.54, 1.807) is 83.6 Å². The summed E-state index contributed by atoms with van der Waals surface area (Å²) in [4.78, 5) is 114. The largest absolute Gasteiger partial charge is 0.512 e. The van der Waals surface area contributed by atoms with Crippen LogP contribution >= 0.6 is 34.8 Å². The molecule has 6 aliphatic rings. The van der Waals surface area contributed by atoms with Gasteiger partial charge in [0.2, 0.25) is 29.6 Å². The number of rotatable bonds is 19. The molecule has 3 atom stereocenters. The minimum atomic E-state index is -0.651. The number of allylic oxidation sites excluding steroid dienone is 6. The second kappa shape index (κ2) is 37.6. The van der Waals surface area contributed by atoms with E-state index in [0.717, 1.165) is 33.4 Å². The van der Waals surface area contributed by atoms with Crippen LogP contribution in [-0.4, -0.2) is 251 Å². The van der Waals surface area contributed by atoms with E-state index in [9.17, 15) is 44.1 Å². The molecule has 35 heteroatoms. The van der Waals surface area contributed by atoms with Crippen molar-refractivity contribution in [2.45, 2.75) is 69.6 Å². The van der Waals surface area contributed by atoms with Crippen LogP contribution in [-0.2, 0) is 38.4 Å². The summed E-state index contributed by atoms with van der Waals surface area (Å²) in [6.07, 6.45) is 6.77. The van der Waals surface area contributed by atoms with Gasteiger partial charge in [-0.3, -0.25) is 19.2 Å². The first-order chi connectivity index (χ1) is 57.9. The Bertz CT molecular complexity index is 5380. The molecule has 15 rings (SSSR count). The summed E-state index contributed by atoms with van der Waals surface area (Å²) in [6.45, 7) is 7.28. The van der Waals surface area contributed by atoms with Crippen LogP contribution in [0.5, 0.6) is 12.0 Å². The fourth-order valence-electron chi connectivity index (χ4n) is 15.7. The van der Waals surface area contributed by atoms with Crippen LogP contribution in [0.1, 0.15) is 100 Å². The molecule has 0 saturated carbocycles. The van der Waals surface area contributed by atoms with Crippen LogP contribution < -0.4 is 41.0 Å². The zero-order valence-corrected chi connectivity index (χ0v) is 70.2. The Morgan fingerprint density at radius 3 is 1.10 bits per heavy atom. The predicted molar refractivity (Wildman–Crippen MR) is 457 cm³/mol. The number of benzene rings is 6. The molecule has 636 valence electrons. The number of carbonyl (C=O) groups is 6. The number of nitrogens with one attached hydrogen (secondary N) is 1. The number of amides is 8. The number of aliphatic hydroxyl groups excluding tert-OH is 3. The number of ether oxygens (including phenoxy) is 2. The summed E-state index contributed by atoms with van der Waals surface area (Å²) in [6, 6.07) is 26.5. The number of aromatic nitrogens is 6. The van der Waals surface area contributed by atoms with Crippen LogP contribution in [0.2, 0.25) is 15.1 Å². The number of anilines is 4. The molecule has 0 bridgehead atoms. The van der Waals surface area contributed by atoms with Gasteiger partial charge in [0.15, 0.2) is 17.5 Å². The predicted octanol–water partition coefficient (Wildman–Crippen LogP) is 11.7. The van der Waals surface area contributed by atoms with Gasteiger partial charge in [0.1, 0.15) is 47.2 Å². The number of fused-ring (bicyclic) bond motifs is 6. The molecule has 29 nitrogen and oxygen atoms in total. The molecular weight excluding hydrogens is 1620 g/mol. The van der Waals surface area contributed by atoms with E-state index in [4.69, 9.17) is 55.7 Å². The molecule has 3 aromatic heterocycles. The summed E-state index contributed by atoms with van der Waals surface area (Å²) in [7, 11) is 9.96. The van der Waals surface area contributed by atoms with Crippen molar-refractivity contribution in [1.29, 1.82) is 0 Å². The van der Waals surface area contributed by atoms with Gasteiger partial charge in [0.05, 0.1) is 30.1 Å². The van der Waals surface area contributed by atoms with Crippen LogP contribution in [0.15, 0.2) is 127 Å². The van der Waals surface area contributed by atoms with E-state index >= 15 is 13.2 Å². The van der Waals surface area contributed by atoms with Crippen molar-refractivity contribution in [3.63, 3.8) is 0 Å². The van der Waals surface area contributed by atoms with E-state index in [1.807, 2.05) is 94.4 Å². The molecule has 8 amide bonds. The minimum Gasteiger partial charge on any atom is -0.512 e. The lowest BCUT2D eigenvalue weighted by molar-refractivity contribution is -0.131. The van der Waals surface area contributed by atoms with Crippen LogP contribution in [0.25, 0.3) is 32.7 Å². The Morgan fingerprint density at radius 1 is 0.455 bits per heavy atom. The number of halogens is 6. The highest BCUT2D eigenvalue weighted by Crippen LogP contribution is 2.47. The molecule has 3 saturated heterocycles. The fourth-order valence-corrected chi connectivity index (χ4v) is 16.7. The summed E-state index contributed by atoms with van der Waals surface area (Å²) >= 11 is 20.3. The first-order valence-corrected chi connectivity index (χ1v) is 40.8. The summed E-state index contributed by atoms with van der Waals surface area (Å²) in [5, 5.41) is 36.2. The monoisotopic (exact) mass is 1720 g/mol. The van der Waals surface area contributed by atoms with E-state index in [1.165, 1.54) is 24.5 Å². The van der Waals surface area contributed by atoms with Gasteiger partial charge >= 0.3 is 24.1 Å². The maximum absolute atomic E-state index is 16.6. The number of nitrogens with zero attached hydrogens (tertiary/aromatic N) is 15. The number of carbonyl (C=O) groups excluding carboxylic acids is 6. The zero-order chi connectivity index (χ0) is 86.4. The van der Waals surface area contributed by atoms with E-state index in [-0.39, 0.29) is 146 Å². The standard InChI is InChI=1S/C30H33ClFN5O4.C28H31ClFN7O3.C28H30ClFN6O4/c1-4-24(39)36-10-12-37(13-11-36)29-22-17-23(31)26(21-16-19(38)15-18-7-5-6-8-20(18)21)27(32)28(22)33-30(34-29)41-14-9-25(40)35(2)3;1-35(2)22(39)7-8-32-28-33-25-20(26(34-28)36-9-11-37(12-10-36)27(31)40)15-21(29)23(24(25)30)19-14-17(38)13-16-5-3-4-6-18(16)19;1-34(2)22(38)7-12-40-28-32-25-20(26(33-28)35-8-10-36(11-9-35)27(31)39)15-21(29)23(24(25)30)19-14-17(37)13-16-5-3-4-6-18(16)19/h5-8,16-17,21,38H,4,9-15H2,1-3H3;3-6,14-15,19,38H,7-13H2,1-2H3,(H2,31,40)(H,32,33,34);3-6,14-15,19,37H,7-13H2,1-2H3,(H2,31,39)/t21-;2*19-/m111/s1. The van der Waals surface area contributed by atoms with Gasteiger partial charge in [0, 0.05) is 225 Å². The lowest BCUT2D eigenvalue weighted by Crippen LogP contribution is -2.50. The Balaban J connectivity index is 0.000000157. The molecule has 3 aliphatic carbocycles. The number of piperazine rings is 3. The average Bonchev–Trinajstić information content (AvgIpc) is 0.753. The van der Waals surface area contributed by atoms with Crippen molar-refractivity contribution in [3.8, 4) is 12.0 Å². The first-order valence-electron chi connectivity index (χ1n) is 39.7. The first kappa shape index (κ1) is 86.7. The third kappa shape index (κ3) is 19.2. The second-order valence-corrected chi connectivity index (χ2v) is 31.8. The molecule has 0 radical (unpaired) electrons. The molecule has 121 heavy (non-hydrogen) atoms. The SMILES string of the molecule is CCC(=O)N1CCN(c2nc(OCCC(=O)N(C)C)nc3c(F)c([C@@H]4C=C(O)Cc5ccccc54)c(Cl)cc23)CC1.CN(C)C(=O)CCNc1nc(N2CCN(C(N)=O)CC2)c2cc(Cl)c([C@@H]3C=C(O)Cc4ccccc43)c(F)c2n1.CN(C)C(=O)CCOc1nc(N2CCN(C(N)=O)CC2)c2cc(Cl)c([C@@H]3C=C(O)Cc4ccccc43)c(F)c2n1. The van der Waals surface area contributed by atoms with Gasteiger partial charge in [-0.2, -0.15) is 24.9 Å². The number of primary amides is 2. The van der Waals surface area contributed by atoms with Crippen molar-refractivity contribution in [1.82, 2.24) is 59.3 Å². The lowest BCUT2D eigenvalue weighted by Gasteiger charge is -2.36. The second-order valence-electron chi connectivity index (χ2n) is 30.6. The third-order valence-electron chi connectivity index (χ3n) is 22.2. The van der Waals surface area contributed by atoms with Gasteiger partial charge < -0.3 is 85.7 Å². The Kier molecular flexibility index (Phi) is 27.0. The van der Waals surface area contributed by atoms with Crippen LogP contribution in [0.4, 0.5) is 46.2 Å². The van der Waals surface area contributed by atoms with Crippen molar-refractivity contribution < 1.29 is 66.7 Å². The molecule has 3 aliphatic heterocycles. The van der Waals surface area contributed by atoms with Crippen LogP contribution in [0, 0.1) is 17.5 Å². The quantitative estimate of drug-likeness (QED) is 0.0438. The molecule has 6 aromatic carbocycles. The number of aliphatic hydroxyl groups is 3. The van der Waals surface area contributed by atoms with Crippen molar-refractivity contribution >= 4 is 127 Å². The molecule has 3 fully saturated rings. The van der Waals surface area contributed by atoms with Gasteiger partial charge in [-0.05, 0) is 69.8 Å². The number of nitrogens with two attached hydrogens (primary N) is 2. The highest BCUT2D eigenvalue weighted by Gasteiger charge is 2.36. The molecule has 6 heterocycles. The summed E-state index contributed by atoms with van der Waals surface area (Å²) < 4.78 is 61.1. The summed E-state index contributed by atoms with van der Waals surface area (Å²) in [5.41, 5.74) is 16.8. The van der Waals surface area contributed by atoms with Crippen LogP contribution in [0.3, 0.4) is 0 Å². The lowest BCUT2D eigenvalue weighted by atomic mass is 9.82. The van der Waals surface area contributed by atoms with E-state index in [0.29, 0.717) is 138 Å². The van der Waals surface area contributed by atoms with Gasteiger partial charge in [-0.1, -0.05) is 115 Å². The smallest absolute Gasteiger partial charge is 0.319 e. The van der Waals surface area contributed by atoms with Gasteiger partial charge in [0.25, 0.3) is 0 Å². The van der Waals surface area contributed by atoms with Crippen molar-refractivity contribution in [2.75, 3.05) is 161 Å². The fraction of sp³-hybridized carbons (Fsp3) is 0.372. The molecule has 0 spiro atoms. The number of hydrogen-bond donors (Lipinski definition) is 6. The molecule has 9 aromatic rings. The topological polar surface area (TPSA) is 352 Å². The highest BCUT2D eigenvalue weighted by molar-refractivity contribution is 6.33. The maximum Gasteiger partial charge on any atom is 0.319 e. The zero-order valence-electron chi connectivity index (χ0n) is 67.9. The molecule has 8 N–H and O–H groups in total. The molecule has 0 unspecified atom stereocenters. The van der Waals surface area contributed by atoms with E-state index < -0.39 is 47.3 Å². The number of hydrogen-bond acceptors (Lipinski definition) is 21. The average molecular weight is 1720 g/mol. The van der Waals surface area contributed by atoms with Crippen molar-refractivity contribution in [3.05, 3.63) is 209 Å². The Labute approximate surface area is 711 Å². The normalized spacial score (nSPS) is 16.9. The number of urea groups is 2. The summed E-state index contributed by atoms with van der Waals surface area (Å²) in [5.74, 6) is -2.08. The van der Waals surface area contributed by atoms with Gasteiger partial charge in [-0.25, -0.2) is 27.7 Å². The van der Waals surface area contributed by atoms with Crippen molar-refractivity contribution in [2.24, 2.45) is 11.5 Å². The van der Waals surface area contributed by atoms with Gasteiger partial charge in [-0.15, -0.1) is 0 Å².